The fourth-order valence-electron chi connectivity index (χ4n) is 2.59. The van der Waals surface area contributed by atoms with Crippen molar-refractivity contribution in [2.75, 3.05) is 11.9 Å². The van der Waals surface area contributed by atoms with E-state index < -0.39 is 18.9 Å². The second-order valence-electron chi connectivity index (χ2n) is 5.76. The van der Waals surface area contributed by atoms with Crippen LogP contribution in [0, 0.1) is 0 Å². The first-order valence-corrected chi connectivity index (χ1v) is 10.9. The molecule has 0 saturated carbocycles. The molecule has 0 amide bonds. The van der Waals surface area contributed by atoms with Gasteiger partial charge >= 0.3 is 6.30 Å². The molecule has 0 fully saturated rings. The molecule has 29 heavy (non-hydrogen) atoms. The van der Waals surface area contributed by atoms with Crippen molar-refractivity contribution < 1.29 is 22.7 Å². The lowest BCUT2D eigenvalue weighted by molar-refractivity contribution is -0.168. The minimum atomic E-state index is -4.61. The summed E-state index contributed by atoms with van der Waals surface area (Å²) in [7, 11) is 0. The first-order valence-electron chi connectivity index (χ1n) is 8.06. The molecule has 0 aliphatic rings. The van der Waals surface area contributed by atoms with E-state index in [9.17, 15) is 18.0 Å². The molecule has 0 radical (unpaired) electrons. The van der Waals surface area contributed by atoms with E-state index in [-0.39, 0.29) is 18.0 Å². The quantitative estimate of drug-likeness (QED) is 0.231. The van der Waals surface area contributed by atoms with Crippen molar-refractivity contribution in [3.05, 3.63) is 37.2 Å². The molecule has 1 unspecified atom stereocenters. The number of ether oxygens (including phenoxy) is 1. The van der Waals surface area contributed by atoms with Gasteiger partial charge in [0.25, 0.3) is 6.47 Å². The van der Waals surface area contributed by atoms with Gasteiger partial charge in [-0.25, -0.2) is 15.3 Å². The number of fused-ring (bicyclic) bond motifs is 1. The maximum atomic E-state index is 12.8. The van der Waals surface area contributed by atoms with Gasteiger partial charge in [0.05, 0.1) is 33.0 Å². The fourth-order valence-corrected chi connectivity index (χ4v) is 5.37. The summed E-state index contributed by atoms with van der Waals surface area (Å²) in [4.78, 5) is 19.5. The normalized spacial score (nSPS) is 12.9. The second-order valence-corrected chi connectivity index (χ2v) is 9.03. The van der Waals surface area contributed by atoms with E-state index in [1.54, 1.807) is 12.3 Å². The largest absolute Gasteiger partial charge is 0.466 e. The molecule has 3 rings (SSSR count). The Morgan fingerprint density at radius 2 is 2.21 bits per heavy atom. The number of hydrogen-bond donors (Lipinski definition) is 2. The maximum absolute atomic E-state index is 12.8. The Hall–Kier alpha value is -1.47. The van der Waals surface area contributed by atoms with Crippen LogP contribution in [0.15, 0.2) is 22.1 Å². The van der Waals surface area contributed by atoms with E-state index in [0.717, 1.165) is 9.71 Å². The number of nitrogens with one attached hydrogen (secondary N) is 2. The van der Waals surface area contributed by atoms with E-state index >= 15 is 0 Å². The van der Waals surface area contributed by atoms with Crippen molar-refractivity contribution in [2.45, 2.75) is 25.3 Å². The molecule has 6 nitrogen and oxygen atoms in total. The lowest BCUT2D eigenvalue weighted by atomic mass is 10.2. The van der Waals surface area contributed by atoms with Gasteiger partial charge in [0.1, 0.15) is 16.8 Å². The minimum Gasteiger partial charge on any atom is -0.466 e. The van der Waals surface area contributed by atoms with Crippen LogP contribution in [0.3, 0.4) is 0 Å². The molecule has 0 aliphatic carbocycles. The number of thiophene rings is 1. The van der Waals surface area contributed by atoms with E-state index in [1.807, 2.05) is 5.38 Å². The standard InChI is InChI=1S/C16H13BrClF3N4O2S2/c17-13-10(3-8(6-27-7-26)25-16(19,20)21)29-15-9(4-11(18)24-14(13)15)23-5-12-22-1-2-28-12/h1-2,4,7-8,25H,3,5-6H2,(H,23,24). The van der Waals surface area contributed by atoms with Gasteiger partial charge in [-0.15, -0.1) is 22.7 Å². The predicted molar refractivity (Wildman–Crippen MR) is 110 cm³/mol. The van der Waals surface area contributed by atoms with Gasteiger partial charge in [-0.1, -0.05) is 11.6 Å². The lowest BCUT2D eigenvalue weighted by Crippen LogP contribution is -2.44. The van der Waals surface area contributed by atoms with Crippen LogP contribution in [0.2, 0.25) is 5.15 Å². The topological polar surface area (TPSA) is 76.1 Å². The third-order valence-electron chi connectivity index (χ3n) is 3.70. The summed E-state index contributed by atoms with van der Waals surface area (Å²) >= 11 is 12.3. The monoisotopic (exact) mass is 528 g/mol. The fraction of sp³-hybridized carbons (Fsp3) is 0.312. The van der Waals surface area contributed by atoms with Crippen LogP contribution in [0.1, 0.15) is 9.88 Å². The molecule has 0 aliphatic heterocycles. The number of carbonyl (C=O) groups excluding carboxylic acids is 1. The molecule has 3 aromatic rings. The summed E-state index contributed by atoms with van der Waals surface area (Å²) in [6.07, 6.45) is -2.94. The van der Waals surface area contributed by atoms with Crippen LogP contribution in [0.5, 0.6) is 0 Å². The molecular weight excluding hydrogens is 517 g/mol. The van der Waals surface area contributed by atoms with Gasteiger partial charge in [-0.3, -0.25) is 4.79 Å². The molecule has 3 heterocycles. The van der Waals surface area contributed by atoms with E-state index in [4.69, 9.17) is 11.6 Å². The number of rotatable bonds is 9. The zero-order chi connectivity index (χ0) is 21.0. The number of anilines is 1. The summed E-state index contributed by atoms with van der Waals surface area (Å²) in [5, 5.41) is 7.75. The summed E-state index contributed by atoms with van der Waals surface area (Å²) in [6.45, 7) is 0.170. The third kappa shape index (κ3) is 6.01. The Morgan fingerprint density at radius 3 is 2.86 bits per heavy atom. The minimum absolute atomic E-state index is 0.0293. The molecule has 0 bridgehead atoms. The maximum Gasteiger partial charge on any atom is 0.457 e. The Balaban J connectivity index is 1.88. The number of nitrogens with zero attached hydrogens (tertiary/aromatic N) is 2. The van der Waals surface area contributed by atoms with Gasteiger partial charge in [-0.2, -0.15) is 13.2 Å². The van der Waals surface area contributed by atoms with Crippen LogP contribution in [-0.2, 0) is 22.5 Å². The highest BCUT2D eigenvalue weighted by atomic mass is 79.9. The number of carbonyl (C=O) groups is 1. The summed E-state index contributed by atoms with van der Waals surface area (Å²) < 4.78 is 44.2. The zero-order valence-corrected chi connectivity index (χ0v) is 18.4. The molecule has 2 N–H and O–H groups in total. The number of thiazole rings is 1. The molecule has 156 valence electrons. The van der Waals surface area contributed by atoms with E-state index in [1.165, 1.54) is 28.0 Å². The first kappa shape index (κ1) is 22.2. The molecule has 0 aromatic carbocycles. The highest BCUT2D eigenvalue weighted by Crippen LogP contribution is 2.40. The van der Waals surface area contributed by atoms with Crippen molar-refractivity contribution in [3.8, 4) is 0 Å². The van der Waals surface area contributed by atoms with Gasteiger partial charge in [0.2, 0.25) is 0 Å². The Labute approximate surface area is 184 Å². The van der Waals surface area contributed by atoms with Crippen LogP contribution in [-0.4, -0.2) is 35.4 Å². The number of aromatic nitrogens is 2. The van der Waals surface area contributed by atoms with Crippen molar-refractivity contribution in [1.29, 1.82) is 0 Å². The van der Waals surface area contributed by atoms with Gasteiger partial charge < -0.3 is 10.1 Å². The van der Waals surface area contributed by atoms with E-state index in [2.05, 4.69) is 36.0 Å². The molecular formula is C16H13BrClF3N4O2S2. The highest BCUT2D eigenvalue weighted by Gasteiger charge is 2.32. The first-order chi connectivity index (χ1) is 13.8. The Bertz CT molecular complexity index is 985. The molecule has 3 aromatic heterocycles. The third-order valence-corrected chi connectivity index (χ3v) is 7.02. The Kier molecular flexibility index (Phi) is 7.32. The van der Waals surface area contributed by atoms with Gasteiger partial charge in [-0.05, 0) is 15.9 Å². The smallest absolute Gasteiger partial charge is 0.457 e. The zero-order valence-electron chi connectivity index (χ0n) is 14.4. The molecule has 0 saturated heterocycles. The molecule has 0 spiro atoms. The Morgan fingerprint density at radius 1 is 1.41 bits per heavy atom. The average Bonchev–Trinajstić information content (AvgIpc) is 3.26. The molecule has 13 heteroatoms. The predicted octanol–water partition coefficient (Wildman–Crippen LogP) is 4.97. The van der Waals surface area contributed by atoms with Gasteiger partial charge in [0, 0.05) is 28.9 Å². The lowest BCUT2D eigenvalue weighted by Gasteiger charge is -2.19. The van der Waals surface area contributed by atoms with Crippen molar-refractivity contribution in [3.63, 3.8) is 0 Å². The van der Waals surface area contributed by atoms with Crippen LogP contribution < -0.4 is 10.6 Å². The number of pyridine rings is 1. The van der Waals surface area contributed by atoms with Crippen molar-refractivity contribution in [2.24, 2.45) is 0 Å². The number of alkyl halides is 3. The van der Waals surface area contributed by atoms with Crippen LogP contribution >= 0.6 is 50.2 Å². The van der Waals surface area contributed by atoms with E-state index in [0.29, 0.717) is 27.1 Å². The van der Waals surface area contributed by atoms with Crippen LogP contribution in [0.4, 0.5) is 18.9 Å². The second kappa shape index (κ2) is 9.56. The number of halogens is 5. The van der Waals surface area contributed by atoms with Crippen molar-refractivity contribution in [1.82, 2.24) is 15.3 Å². The number of hydrogen-bond acceptors (Lipinski definition) is 8. The van der Waals surface area contributed by atoms with Crippen LogP contribution in [0.25, 0.3) is 10.2 Å². The SMILES string of the molecule is O=COCC(Cc1sc2c(NCc3nccs3)cc(Cl)nc2c1Br)NC(F)(F)F. The summed E-state index contributed by atoms with van der Waals surface area (Å²) in [6, 6.07) is 0.511. The summed E-state index contributed by atoms with van der Waals surface area (Å²) in [5.41, 5.74) is 1.25. The van der Waals surface area contributed by atoms with Crippen molar-refractivity contribution >= 4 is 72.6 Å². The summed E-state index contributed by atoms with van der Waals surface area (Å²) in [5.74, 6) is 0. The average molecular weight is 530 g/mol. The highest BCUT2D eigenvalue weighted by molar-refractivity contribution is 9.10. The van der Waals surface area contributed by atoms with Gasteiger partial charge in [0.15, 0.2) is 0 Å². The molecule has 1 atom stereocenters.